The van der Waals surface area contributed by atoms with Crippen LogP contribution in [0.4, 0.5) is 0 Å². The zero-order chi connectivity index (χ0) is 24.9. The summed E-state index contributed by atoms with van der Waals surface area (Å²) in [6.45, 7) is 13.5. The standard InChI is InChI=1S/C28H34O6/c1-9-14(2)27(29)34-26-20-12-21(31-8)16(4)17(5)24(20)23-18(6)25-22(32-13-33-25)11-19(23)10-15(3)28(26,7)30/h9,11-12,15,26,30H,10,13H2,1-8H3/b14-9+/t15-,26-,28+/m0/s1. The van der Waals surface area contributed by atoms with E-state index in [2.05, 4.69) is 0 Å². The highest BCUT2D eigenvalue weighted by molar-refractivity contribution is 5.88. The third-order valence-electron chi connectivity index (χ3n) is 7.65. The Balaban J connectivity index is 2.09. The molecule has 0 fully saturated rings. The van der Waals surface area contributed by atoms with E-state index in [1.54, 1.807) is 34.0 Å². The zero-order valence-electron chi connectivity index (χ0n) is 21.3. The van der Waals surface area contributed by atoms with Gasteiger partial charge in [-0.15, -0.1) is 0 Å². The Hall–Kier alpha value is -2.99. The van der Waals surface area contributed by atoms with Gasteiger partial charge >= 0.3 is 5.97 Å². The van der Waals surface area contributed by atoms with Crippen molar-refractivity contribution in [3.05, 3.63) is 51.6 Å². The van der Waals surface area contributed by atoms with Gasteiger partial charge in [-0.3, -0.25) is 0 Å². The Morgan fingerprint density at radius 3 is 2.50 bits per heavy atom. The van der Waals surface area contributed by atoms with Crippen molar-refractivity contribution >= 4 is 5.97 Å². The summed E-state index contributed by atoms with van der Waals surface area (Å²) in [7, 11) is 1.63. The second kappa shape index (κ2) is 8.66. The lowest BCUT2D eigenvalue weighted by Crippen LogP contribution is -2.44. The Morgan fingerprint density at radius 1 is 1.15 bits per heavy atom. The van der Waals surface area contributed by atoms with Crippen LogP contribution in [0.2, 0.25) is 0 Å². The number of hydrogen-bond donors (Lipinski definition) is 1. The monoisotopic (exact) mass is 466 g/mol. The molecule has 4 rings (SSSR count). The van der Waals surface area contributed by atoms with E-state index in [0.29, 0.717) is 17.7 Å². The number of esters is 1. The number of hydrogen-bond acceptors (Lipinski definition) is 6. The number of methoxy groups -OCH3 is 1. The lowest BCUT2D eigenvalue weighted by molar-refractivity contribution is -0.166. The fourth-order valence-electron chi connectivity index (χ4n) is 5.05. The second-order valence-corrected chi connectivity index (χ2v) is 9.65. The van der Waals surface area contributed by atoms with Gasteiger partial charge < -0.3 is 24.1 Å². The molecule has 2 aromatic rings. The molecule has 0 radical (unpaired) electrons. The van der Waals surface area contributed by atoms with Crippen molar-refractivity contribution in [3.8, 4) is 28.4 Å². The van der Waals surface area contributed by atoms with Crippen molar-refractivity contribution in [2.75, 3.05) is 13.9 Å². The van der Waals surface area contributed by atoms with Gasteiger partial charge in [0.25, 0.3) is 0 Å². The van der Waals surface area contributed by atoms with E-state index in [1.165, 1.54) is 0 Å². The van der Waals surface area contributed by atoms with Gasteiger partial charge in [0, 0.05) is 16.7 Å². The zero-order valence-corrected chi connectivity index (χ0v) is 21.3. The molecule has 1 aliphatic heterocycles. The maximum absolute atomic E-state index is 12.9. The van der Waals surface area contributed by atoms with Gasteiger partial charge in [0.05, 0.1) is 7.11 Å². The summed E-state index contributed by atoms with van der Waals surface area (Å²) in [5.41, 5.74) is 5.88. The van der Waals surface area contributed by atoms with Crippen molar-refractivity contribution in [2.45, 2.75) is 66.6 Å². The molecule has 0 saturated carbocycles. The topological polar surface area (TPSA) is 74.2 Å². The summed E-state index contributed by atoms with van der Waals surface area (Å²) >= 11 is 0. The third-order valence-corrected chi connectivity index (χ3v) is 7.65. The Morgan fingerprint density at radius 2 is 1.85 bits per heavy atom. The Kier molecular flexibility index (Phi) is 6.15. The number of carbonyl (C=O) groups excluding carboxylic acids is 1. The molecule has 0 amide bonds. The molecule has 1 N–H and O–H groups in total. The van der Waals surface area contributed by atoms with E-state index in [9.17, 15) is 9.90 Å². The van der Waals surface area contributed by atoms with Crippen molar-refractivity contribution in [3.63, 3.8) is 0 Å². The van der Waals surface area contributed by atoms with Crippen LogP contribution in [0, 0.1) is 26.7 Å². The first-order valence-electron chi connectivity index (χ1n) is 11.7. The van der Waals surface area contributed by atoms with E-state index in [4.69, 9.17) is 18.9 Å². The normalized spacial score (nSPS) is 23.5. The minimum absolute atomic E-state index is 0.183. The minimum atomic E-state index is -1.34. The largest absolute Gasteiger partial charge is 0.496 e. The van der Waals surface area contributed by atoms with Crippen LogP contribution < -0.4 is 14.2 Å². The molecule has 182 valence electrons. The lowest BCUT2D eigenvalue weighted by Gasteiger charge is -2.41. The van der Waals surface area contributed by atoms with E-state index >= 15 is 0 Å². The molecular formula is C28H34O6. The van der Waals surface area contributed by atoms with Crippen LogP contribution in [0.15, 0.2) is 23.8 Å². The molecule has 2 aromatic carbocycles. The van der Waals surface area contributed by atoms with E-state index in [-0.39, 0.29) is 12.7 Å². The summed E-state index contributed by atoms with van der Waals surface area (Å²) < 4.78 is 23.3. The van der Waals surface area contributed by atoms with E-state index < -0.39 is 17.7 Å². The molecule has 0 saturated heterocycles. The van der Waals surface area contributed by atoms with Crippen LogP contribution in [0.25, 0.3) is 11.1 Å². The van der Waals surface area contributed by atoms with Crippen molar-refractivity contribution in [1.82, 2.24) is 0 Å². The quantitative estimate of drug-likeness (QED) is 0.475. The average Bonchev–Trinajstić information content (AvgIpc) is 3.27. The van der Waals surface area contributed by atoms with Crippen LogP contribution in [0.3, 0.4) is 0 Å². The van der Waals surface area contributed by atoms with E-state index in [0.717, 1.165) is 50.4 Å². The summed E-state index contributed by atoms with van der Waals surface area (Å²) in [5, 5.41) is 11.9. The predicted molar refractivity (Wildman–Crippen MR) is 131 cm³/mol. The first-order valence-corrected chi connectivity index (χ1v) is 11.7. The summed E-state index contributed by atoms with van der Waals surface area (Å²) in [6.07, 6.45) is 1.40. The third kappa shape index (κ3) is 3.65. The molecule has 0 unspecified atom stereocenters. The number of fused-ring (bicyclic) bond motifs is 4. The molecule has 3 atom stereocenters. The fourth-order valence-corrected chi connectivity index (χ4v) is 5.05. The summed E-state index contributed by atoms with van der Waals surface area (Å²) in [4.78, 5) is 12.9. The van der Waals surface area contributed by atoms with Crippen LogP contribution in [-0.4, -0.2) is 30.6 Å². The van der Waals surface area contributed by atoms with Crippen LogP contribution in [0.1, 0.15) is 61.6 Å². The highest BCUT2D eigenvalue weighted by atomic mass is 16.7. The number of rotatable bonds is 3. The predicted octanol–water partition coefficient (Wildman–Crippen LogP) is 5.51. The maximum atomic E-state index is 12.9. The van der Waals surface area contributed by atoms with Gasteiger partial charge in [0.15, 0.2) is 17.6 Å². The Labute approximate surface area is 201 Å². The van der Waals surface area contributed by atoms with Crippen molar-refractivity contribution in [2.24, 2.45) is 5.92 Å². The van der Waals surface area contributed by atoms with Gasteiger partial charge in [-0.2, -0.15) is 0 Å². The van der Waals surface area contributed by atoms with Crippen LogP contribution in [-0.2, 0) is 16.0 Å². The number of allylic oxidation sites excluding steroid dienone is 1. The molecule has 6 nitrogen and oxygen atoms in total. The fraction of sp³-hybridized carbons (Fsp3) is 0.464. The number of ether oxygens (including phenoxy) is 4. The first kappa shape index (κ1) is 24.1. The minimum Gasteiger partial charge on any atom is -0.496 e. The molecular weight excluding hydrogens is 432 g/mol. The van der Waals surface area contributed by atoms with Crippen molar-refractivity contribution < 1.29 is 28.8 Å². The van der Waals surface area contributed by atoms with Gasteiger partial charge in [-0.1, -0.05) is 13.0 Å². The van der Waals surface area contributed by atoms with Crippen molar-refractivity contribution in [1.29, 1.82) is 0 Å². The van der Waals surface area contributed by atoms with Gasteiger partial charge in [-0.05, 0) is 93.8 Å². The lowest BCUT2D eigenvalue weighted by atomic mass is 9.71. The number of aliphatic hydroxyl groups is 1. The highest BCUT2D eigenvalue weighted by Gasteiger charge is 2.45. The Bertz CT molecular complexity index is 1190. The maximum Gasteiger partial charge on any atom is 0.334 e. The SMILES string of the molecule is C/C=C(\C)C(=O)O[C@H]1c2cc(OC)c(C)c(C)c2-c2c(cc3c(c2C)OCO3)C[C@H](C)[C@@]1(C)O. The number of carbonyl (C=O) groups is 1. The van der Waals surface area contributed by atoms with Crippen LogP contribution in [0.5, 0.6) is 17.2 Å². The average molecular weight is 467 g/mol. The first-order chi connectivity index (χ1) is 16.0. The smallest absolute Gasteiger partial charge is 0.334 e. The molecule has 0 bridgehead atoms. The molecule has 0 spiro atoms. The molecule has 34 heavy (non-hydrogen) atoms. The van der Waals surface area contributed by atoms with Gasteiger partial charge in [0.2, 0.25) is 6.79 Å². The summed E-state index contributed by atoms with van der Waals surface area (Å²) in [5.74, 6) is 1.46. The van der Waals surface area contributed by atoms with E-state index in [1.807, 2.05) is 39.8 Å². The number of benzene rings is 2. The highest BCUT2D eigenvalue weighted by Crippen LogP contribution is 2.52. The second-order valence-electron chi connectivity index (χ2n) is 9.65. The van der Waals surface area contributed by atoms with Gasteiger partial charge in [0.1, 0.15) is 11.4 Å². The van der Waals surface area contributed by atoms with Gasteiger partial charge in [-0.25, -0.2) is 4.79 Å². The summed E-state index contributed by atoms with van der Waals surface area (Å²) in [6, 6.07) is 3.93. The molecule has 1 aliphatic carbocycles. The molecule has 6 heteroatoms. The molecule has 0 aromatic heterocycles. The molecule has 2 aliphatic rings. The molecule has 1 heterocycles. The van der Waals surface area contributed by atoms with Crippen LogP contribution >= 0.6 is 0 Å².